The normalized spacial score (nSPS) is 11.2. The van der Waals surface area contributed by atoms with Gasteiger partial charge in [-0.05, 0) is 30.3 Å². The van der Waals surface area contributed by atoms with E-state index in [0.717, 1.165) is 11.3 Å². The standard InChI is InChI=1S/C9H9FO2.C7H5NO/c10-6-7-12-9(11)8-4-2-1-3-5-8;9-7-5-2-1-3-6(4-5)8-7/h1-5H,6-7H2;1-4H,(H,8,9). The van der Waals surface area contributed by atoms with Gasteiger partial charge in [-0.15, -0.1) is 0 Å². The lowest BCUT2D eigenvalue weighted by atomic mass is 10.2. The van der Waals surface area contributed by atoms with Crippen LogP contribution in [0.2, 0.25) is 0 Å². The second-order valence-electron chi connectivity index (χ2n) is 4.23. The number of benzene rings is 2. The summed E-state index contributed by atoms with van der Waals surface area (Å²) in [5.41, 5.74) is 2.11. The van der Waals surface area contributed by atoms with Crippen LogP contribution in [0.4, 0.5) is 10.1 Å². The zero-order chi connectivity index (χ0) is 15.1. The predicted octanol–water partition coefficient (Wildman–Crippen LogP) is 3.07. The Morgan fingerprint density at radius 3 is 2.48 bits per heavy atom. The third-order valence-corrected chi connectivity index (χ3v) is 2.70. The molecular weight excluding hydrogens is 273 g/mol. The van der Waals surface area contributed by atoms with E-state index in [1.54, 1.807) is 36.4 Å². The molecule has 1 N–H and O–H groups in total. The van der Waals surface area contributed by atoms with Crippen molar-refractivity contribution in [1.82, 2.24) is 0 Å². The molecule has 1 aliphatic rings. The van der Waals surface area contributed by atoms with Crippen LogP contribution in [-0.4, -0.2) is 25.2 Å². The first-order valence-electron chi connectivity index (χ1n) is 6.40. The van der Waals surface area contributed by atoms with Gasteiger partial charge in [0.15, 0.2) is 0 Å². The van der Waals surface area contributed by atoms with Gasteiger partial charge in [0, 0.05) is 11.3 Å². The van der Waals surface area contributed by atoms with Crippen LogP contribution in [-0.2, 0) is 4.74 Å². The van der Waals surface area contributed by atoms with Gasteiger partial charge in [-0.25, -0.2) is 9.18 Å². The molecule has 2 aromatic carbocycles. The Labute approximate surface area is 121 Å². The van der Waals surface area contributed by atoms with Gasteiger partial charge in [0.05, 0.1) is 5.56 Å². The van der Waals surface area contributed by atoms with E-state index in [4.69, 9.17) is 0 Å². The molecule has 0 unspecified atom stereocenters. The molecule has 0 atom stereocenters. The summed E-state index contributed by atoms with van der Waals surface area (Å²) in [6, 6.07) is 15.9. The number of hydrogen-bond donors (Lipinski definition) is 1. The lowest BCUT2D eigenvalue weighted by Gasteiger charge is -2.00. The zero-order valence-corrected chi connectivity index (χ0v) is 11.2. The van der Waals surface area contributed by atoms with Gasteiger partial charge in [-0.2, -0.15) is 0 Å². The molecule has 108 valence electrons. The Bertz CT molecular complexity index is 628. The number of nitrogens with one attached hydrogen (secondary N) is 1. The van der Waals surface area contributed by atoms with Gasteiger partial charge in [0.1, 0.15) is 13.3 Å². The number of carbonyl (C=O) groups is 2. The van der Waals surface area contributed by atoms with E-state index in [0.29, 0.717) is 5.56 Å². The summed E-state index contributed by atoms with van der Waals surface area (Å²) >= 11 is 0. The summed E-state index contributed by atoms with van der Waals surface area (Å²) in [7, 11) is 0. The van der Waals surface area contributed by atoms with Crippen molar-refractivity contribution in [2.45, 2.75) is 0 Å². The van der Waals surface area contributed by atoms with Crippen molar-refractivity contribution >= 4 is 17.6 Å². The molecule has 0 spiro atoms. The minimum absolute atomic E-state index is 0.00926. The van der Waals surface area contributed by atoms with Crippen LogP contribution in [0.25, 0.3) is 0 Å². The van der Waals surface area contributed by atoms with Crippen molar-refractivity contribution in [2.24, 2.45) is 0 Å². The van der Waals surface area contributed by atoms with E-state index in [2.05, 4.69) is 10.1 Å². The highest BCUT2D eigenvalue weighted by molar-refractivity contribution is 6.09. The summed E-state index contributed by atoms with van der Waals surface area (Å²) in [4.78, 5) is 21.8. The first-order chi connectivity index (χ1) is 10.2. The minimum atomic E-state index is -0.640. The maximum absolute atomic E-state index is 11.6. The number of esters is 1. The van der Waals surface area contributed by atoms with Crippen LogP contribution in [0, 0.1) is 0 Å². The van der Waals surface area contributed by atoms with Gasteiger partial charge >= 0.3 is 5.97 Å². The molecule has 0 radical (unpaired) electrons. The molecule has 4 nitrogen and oxygen atoms in total. The number of fused-ring (bicyclic) bond motifs is 2. The summed E-state index contributed by atoms with van der Waals surface area (Å²) < 4.78 is 16.2. The number of anilines is 1. The smallest absolute Gasteiger partial charge is 0.338 e. The summed E-state index contributed by atoms with van der Waals surface area (Å²) in [5.74, 6) is -0.469. The summed E-state index contributed by atoms with van der Waals surface area (Å²) in [6.07, 6.45) is 0. The van der Waals surface area contributed by atoms with E-state index in [1.165, 1.54) is 0 Å². The van der Waals surface area contributed by atoms with Gasteiger partial charge < -0.3 is 10.1 Å². The molecule has 1 amide bonds. The fourth-order valence-electron chi connectivity index (χ4n) is 1.73. The lowest BCUT2D eigenvalue weighted by Crippen LogP contribution is -2.06. The summed E-state index contributed by atoms with van der Waals surface area (Å²) in [5, 5.41) is 2.68. The lowest BCUT2D eigenvalue weighted by molar-refractivity contribution is 0.0481. The number of alkyl halides is 1. The van der Waals surface area contributed by atoms with Crippen molar-refractivity contribution in [1.29, 1.82) is 0 Å². The van der Waals surface area contributed by atoms with Crippen LogP contribution >= 0.6 is 0 Å². The van der Waals surface area contributed by atoms with Crippen molar-refractivity contribution < 1.29 is 18.7 Å². The molecule has 3 rings (SSSR count). The maximum Gasteiger partial charge on any atom is 0.338 e. The third kappa shape index (κ3) is 4.14. The molecule has 0 aliphatic carbocycles. The topological polar surface area (TPSA) is 55.4 Å². The Morgan fingerprint density at radius 1 is 1.10 bits per heavy atom. The number of rotatable bonds is 3. The Kier molecular flexibility index (Phi) is 5.04. The molecule has 0 saturated heterocycles. The molecule has 2 aromatic rings. The van der Waals surface area contributed by atoms with Crippen LogP contribution in [0.15, 0.2) is 54.6 Å². The third-order valence-electron chi connectivity index (χ3n) is 2.70. The average molecular weight is 287 g/mol. The molecular formula is C16H14FNO3. The fourth-order valence-corrected chi connectivity index (χ4v) is 1.73. The molecule has 0 fully saturated rings. The molecule has 5 heteroatoms. The molecule has 0 saturated carbocycles. The highest BCUT2D eigenvalue weighted by Crippen LogP contribution is 2.17. The van der Waals surface area contributed by atoms with Gasteiger partial charge in [0.25, 0.3) is 5.91 Å². The second-order valence-corrected chi connectivity index (χ2v) is 4.23. The molecule has 1 heterocycles. The average Bonchev–Trinajstić information content (AvgIpc) is 2.78. The fraction of sp³-hybridized carbons (Fsp3) is 0.125. The van der Waals surface area contributed by atoms with Crippen molar-refractivity contribution in [3.63, 3.8) is 0 Å². The largest absolute Gasteiger partial charge is 0.459 e. The van der Waals surface area contributed by atoms with Gasteiger partial charge in [0.2, 0.25) is 0 Å². The highest BCUT2D eigenvalue weighted by Gasteiger charge is 2.12. The van der Waals surface area contributed by atoms with Gasteiger partial charge in [-0.1, -0.05) is 24.3 Å². The van der Waals surface area contributed by atoms with Gasteiger partial charge in [-0.3, -0.25) is 4.79 Å². The van der Waals surface area contributed by atoms with Crippen molar-refractivity contribution in [3.8, 4) is 0 Å². The van der Waals surface area contributed by atoms with Crippen molar-refractivity contribution in [2.75, 3.05) is 18.6 Å². The molecule has 2 bridgehead atoms. The Hall–Kier alpha value is -2.69. The number of hydrogen-bond acceptors (Lipinski definition) is 3. The monoisotopic (exact) mass is 287 g/mol. The molecule has 0 aromatic heterocycles. The number of amides is 1. The van der Waals surface area contributed by atoms with E-state index >= 15 is 0 Å². The van der Waals surface area contributed by atoms with E-state index in [1.807, 2.05) is 18.2 Å². The van der Waals surface area contributed by atoms with Crippen LogP contribution in [0.1, 0.15) is 20.7 Å². The van der Waals surface area contributed by atoms with E-state index < -0.39 is 12.6 Å². The summed E-state index contributed by atoms with van der Waals surface area (Å²) in [6.45, 7) is -0.813. The minimum Gasteiger partial charge on any atom is -0.459 e. The first kappa shape index (κ1) is 14.7. The van der Waals surface area contributed by atoms with Crippen molar-refractivity contribution in [3.05, 3.63) is 65.7 Å². The first-order valence-corrected chi connectivity index (χ1v) is 6.40. The predicted molar refractivity (Wildman–Crippen MR) is 77.1 cm³/mol. The maximum atomic E-state index is 11.6. The van der Waals surface area contributed by atoms with Crippen LogP contribution < -0.4 is 5.32 Å². The number of halogens is 1. The molecule has 1 aliphatic heterocycles. The quantitative estimate of drug-likeness (QED) is 0.883. The number of ether oxygens (including phenoxy) is 1. The molecule has 21 heavy (non-hydrogen) atoms. The van der Waals surface area contributed by atoms with E-state index in [9.17, 15) is 14.0 Å². The van der Waals surface area contributed by atoms with Crippen LogP contribution in [0.5, 0.6) is 0 Å². The number of carbonyl (C=O) groups excluding carboxylic acids is 2. The highest BCUT2D eigenvalue weighted by atomic mass is 19.1. The van der Waals surface area contributed by atoms with E-state index in [-0.39, 0.29) is 12.5 Å². The second kappa shape index (κ2) is 7.19. The van der Waals surface area contributed by atoms with Crippen LogP contribution in [0.3, 0.4) is 0 Å². The Balaban J connectivity index is 0.000000159. The SMILES string of the molecule is O=C(OCCF)c1ccccc1.O=C1Nc2cccc1c2. The zero-order valence-electron chi connectivity index (χ0n) is 11.2. The Morgan fingerprint density at radius 2 is 1.86 bits per heavy atom.